The number of thioether (sulfide) groups is 1. The second-order valence-electron chi connectivity index (χ2n) is 5.76. The SMILES string of the molecule is Cc1ccc(-c2nc(CSc3nncn3-c3cccc(Cl)c3)cs2)cc1. The van der Waals surface area contributed by atoms with Crippen LogP contribution in [-0.4, -0.2) is 19.7 Å². The van der Waals surface area contributed by atoms with Crippen LogP contribution in [0, 0.1) is 6.92 Å². The minimum atomic E-state index is 0.689. The van der Waals surface area contributed by atoms with Crippen LogP contribution in [0.1, 0.15) is 11.3 Å². The molecule has 0 aliphatic rings. The predicted octanol–water partition coefficient (Wildman–Crippen LogP) is 5.64. The van der Waals surface area contributed by atoms with Crippen molar-refractivity contribution in [1.82, 2.24) is 19.7 Å². The van der Waals surface area contributed by atoms with Crippen LogP contribution < -0.4 is 0 Å². The van der Waals surface area contributed by atoms with Crippen LogP contribution in [0.5, 0.6) is 0 Å². The summed E-state index contributed by atoms with van der Waals surface area (Å²) in [4.78, 5) is 4.75. The minimum Gasteiger partial charge on any atom is -0.277 e. The van der Waals surface area contributed by atoms with Crippen LogP contribution in [0.2, 0.25) is 5.02 Å². The van der Waals surface area contributed by atoms with Crippen molar-refractivity contribution in [3.63, 3.8) is 0 Å². The molecule has 0 unspecified atom stereocenters. The molecule has 0 spiro atoms. The monoisotopic (exact) mass is 398 g/mol. The lowest BCUT2D eigenvalue weighted by atomic mass is 10.2. The number of benzene rings is 2. The first-order valence-corrected chi connectivity index (χ1v) is 10.2. The lowest BCUT2D eigenvalue weighted by Gasteiger charge is -2.05. The lowest BCUT2D eigenvalue weighted by molar-refractivity contribution is 0.883. The molecule has 0 atom stereocenters. The van der Waals surface area contributed by atoms with E-state index in [-0.39, 0.29) is 0 Å². The zero-order chi connectivity index (χ0) is 17.9. The molecule has 0 bridgehead atoms. The molecule has 7 heteroatoms. The average Bonchev–Trinajstić information content (AvgIpc) is 3.30. The van der Waals surface area contributed by atoms with Crippen LogP contribution in [0.25, 0.3) is 16.3 Å². The Morgan fingerprint density at radius 3 is 2.81 bits per heavy atom. The first-order chi connectivity index (χ1) is 12.7. The van der Waals surface area contributed by atoms with E-state index in [9.17, 15) is 0 Å². The van der Waals surface area contributed by atoms with Gasteiger partial charge >= 0.3 is 0 Å². The van der Waals surface area contributed by atoms with Crippen molar-refractivity contribution in [2.24, 2.45) is 0 Å². The number of halogens is 1. The highest BCUT2D eigenvalue weighted by atomic mass is 35.5. The number of hydrogen-bond donors (Lipinski definition) is 0. The summed E-state index contributed by atoms with van der Waals surface area (Å²) < 4.78 is 1.93. The standard InChI is InChI=1S/C19H15ClN4S2/c1-13-5-7-14(8-6-13)18-22-16(10-25-18)11-26-19-23-21-12-24(19)17-4-2-3-15(20)9-17/h2-10,12H,11H2,1H3. The average molecular weight is 399 g/mol. The van der Waals surface area contributed by atoms with Crippen molar-refractivity contribution in [2.75, 3.05) is 0 Å². The van der Waals surface area contributed by atoms with Crippen LogP contribution >= 0.6 is 34.7 Å². The van der Waals surface area contributed by atoms with Gasteiger partial charge in [-0.15, -0.1) is 21.5 Å². The largest absolute Gasteiger partial charge is 0.277 e. The normalized spacial score (nSPS) is 11.0. The van der Waals surface area contributed by atoms with E-state index in [1.54, 1.807) is 29.4 Å². The van der Waals surface area contributed by atoms with Gasteiger partial charge in [0.05, 0.1) is 11.4 Å². The van der Waals surface area contributed by atoms with E-state index < -0.39 is 0 Å². The molecule has 4 rings (SSSR count). The van der Waals surface area contributed by atoms with E-state index >= 15 is 0 Å². The summed E-state index contributed by atoms with van der Waals surface area (Å²) in [7, 11) is 0. The molecule has 2 heterocycles. The highest BCUT2D eigenvalue weighted by Gasteiger charge is 2.10. The molecule has 4 aromatic rings. The lowest BCUT2D eigenvalue weighted by Crippen LogP contribution is -1.95. The fraction of sp³-hybridized carbons (Fsp3) is 0.105. The van der Waals surface area contributed by atoms with Crippen LogP contribution in [-0.2, 0) is 5.75 Å². The molecule has 0 aliphatic heterocycles. The highest BCUT2D eigenvalue weighted by Crippen LogP contribution is 2.28. The number of hydrogen-bond acceptors (Lipinski definition) is 5. The molecular weight excluding hydrogens is 384 g/mol. The first kappa shape index (κ1) is 17.3. The summed E-state index contributed by atoms with van der Waals surface area (Å²) in [6.07, 6.45) is 1.70. The summed E-state index contributed by atoms with van der Waals surface area (Å²) >= 11 is 9.36. The van der Waals surface area contributed by atoms with E-state index in [2.05, 4.69) is 46.8 Å². The number of thiazole rings is 1. The molecule has 0 radical (unpaired) electrons. The minimum absolute atomic E-state index is 0.689. The predicted molar refractivity (Wildman–Crippen MR) is 108 cm³/mol. The summed E-state index contributed by atoms with van der Waals surface area (Å²) in [5.74, 6) is 0.738. The van der Waals surface area contributed by atoms with Gasteiger partial charge in [0.1, 0.15) is 11.3 Å². The van der Waals surface area contributed by atoms with Gasteiger partial charge in [-0.2, -0.15) is 0 Å². The van der Waals surface area contributed by atoms with Gasteiger partial charge in [0, 0.05) is 21.7 Å². The molecular formula is C19H15ClN4S2. The Bertz CT molecular complexity index is 1020. The van der Waals surface area contributed by atoms with E-state index in [1.807, 2.05) is 28.8 Å². The van der Waals surface area contributed by atoms with Gasteiger partial charge in [-0.05, 0) is 25.1 Å². The van der Waals surface area contributed by atoms with Crippen molar-refractivity contribution in [3.05, 3.63) is 76.5 Å². The zero-order valence-corrected chi connectivity index (χ0v) is 16.4. The fourth-order valence-electron chi connectivity index (χ4n) is 2.47. The second-order valence-corrected chi connectivity index (χ2v) is 8.00. The van der Waals surface area contributed by atoms with Crippen LogP contribution in [0.3, 0.4) is 0 Å². The summed E-state index contributed by atoms with van der Waals surface area (Å²) in [6, 6.07) is 16.1. The Hall–Kier alpha value is -2.15. The number of rotatable bonds is 5. The van der Waals surface area contributed by atoms with Crippen molar-refractivity contribution in [2.45, 2.75) is 17.8 Å². The maximum atomic E-state index is 6.09. The fourth-order valence-corrected chi connectivity index (χ4v) is 4.40. The third kappa shape index (κ3) is 3.82. The number of aromatic nitrogens is 4. The molecule has 0 fully saturated rings. The van der Waals surface area contributed by atoms with E-state index in [0.29, 0.717) is 5.02 Å². The molecule has 130 valence electrons. The summed E-state index contributed by atoms with van der Waals surface area (Å²) in [6.45, 7) is 2.09. The van der Waals surface area contributed by atoms with Crippen LogP contribution in [0.4, 0.5) is 0 Å². The van der Waals surface area contributed by atoms with Gasteiger partial charge in [-0.1, -0.05) is 59.3 Å². The van der Waals surface area contributed by atoms with Crippen molar-refractivity contribution in [3.8, 4) is 16.3 Å². The first-order valence-electron chi connectivity index (χ1n) is 7.99. The zero-order valence-electron chi connectivity index (χ0n) is 14.0. The maximum Gasteiger partial charge on any atom is 0.195 e. The van der Waals surface area contributed by atoms with Crippen molar-refractivity contribution < 1.29 is 0 Å². The molecule has 0 saturated carbocycles. The molecule has 26 heavy (non-hydrogen) atoms. The highest BCUT2D eigenvalue weighted by molar-refractivity contribution is 7.98. The van der Waals surface area contributed by atoms with Gasteiger partial charge in [-0.25, -0.2) is 4.98 Å². The second kappa shape index (κ2) is 7.61. The summed E-state index contributed by atoms with van der Waals surface area (Å²) in [5, 5.41) is 12.9. The van der Waals surface area contributed by atoms with E-state index in [1.165, 1.54) is 5.56 Å². The maximum absolute atomic E-state index is 6.09. The smallest absolute Gasteiger partial charge is 0.195 e. The number of aryl methyl sites for hydroxylation is 1. The molecule has 0 aliphatic carbocycles. The van der Waals surface area contributed by atoms with Gasteiger partial charge in [0.15, 0.2) is 5.16 Å². The van der Waals surface area contributed by atoms with Crippen molar-refractivity contribution in [1.29, 1.82) is 0 Å². The Kier molecular flexibility index (Phi) is 5.06. The molecule has 0 N–H and O–H groups in total. The molecule has 2 aromatic heterocycles. The molecule has 2 aromatic carbocycles. The van der Waals surface area contributed by atoms with Crippen molar-refractivity contribution >= 4 is 34.7 Å². The van der Waals surface area contributed by atoms with E-state index in [0.717, 1.165) is 32.9 Å². The van der Waals surface area contributed by atoms with Crippen LogP contribution in [0.15, 0.2) is 65.4 Å². The Morgan fingerprint density at radius 2 is 2.00 bits per heavy atom. The van der Waals surface area contributed by atoms with E-state index in [4.69, 9.17) is 16.6 Å². The summed E-state index contributed by atoms with van der Waals surface area (Å²) in [5.41, 5.74) is 4.39. The van der Waals surface area contributed by atoms with Gasteiger partial charge in [0.25, 0.3) is 0 Å². The molecule has 0 saturated heterocycles. The number of nitrogens with zero attached hydrogens (tertiary/aromatic N) is 4. The molecule has 4 nitrogen and oxygen atoms in total. The Labute approximate surface area is 164 Å². The third-order valence-electron chi connectivity index (χ3n) is 3.80. The van der Waals surface area contributed by atoms with Gasteiger partial charge < -0.3 is 0 Å². The topological polar surface area (TPSA) is 43.6 Å². The Morgan fingerprint density at radius 1 is 1.15 bits per heavy atom. The third-order valence-corrected chi connectivity index (χ3v) is 5.95. The molecule has 0 amide bonds. The Balaban J connectivity index is 1.49. The van der Waals surface area contributed by atoms with Gasteiger partial charge in [-0.3, -0.25) is 4.57 Å². The quantitative estimate of drug-likeness (QED) is 0.408. The van der Waals surface area contributed by atoms with Gasteiger partial charge in [0.2, 0.25) is 0 Å².